The van der Waals surface area contributed by atoms with Crippen molar-refractivity contribution in [2.75, 3.05) is 6.54 Å². The standard InChI is InChI=1S/C11H12N2O2/c12-11(14)8-13-7-3-5-9-4-1-2-6-10(9)15-13/h1-4,6-7H,5,8H2,(H2,12,14). The van der Waals surface area contributed by atoms with Gasteiger partial charge >= 0.3 is 0 Å². The van der Waals surface area contributed by atoms with Crippen LogP contribution in [0, 0.1) is 0 Å². The molecule has 0 aliphatic carbocycles. The number of primary amides is 1. The number of fused-ring (bicyclic) bond motifs is 1. The third-order valence-corrected chi connectivity index (χ3v) is 2.11. The Labute approximate surface area is 87.9 Å². The molecule has 1 heterocycles. The van der Waals surface area contributed by atoms with E-state index in [2.05, 4.69) is 0 Å². The Morgan fingerprint density at radius 2 is 2.27 bits per heavy atom. The Morgan fingerprint density at radius 3 is 3.07 bits per heavy atom. The van der Waals surface area contributed by atoms with Crippen LogP contribution in [-0.2, 0) is 11.2 Å². The lowest BCUT2D eigenvalue weighted by atomic mass is 10.1. The molecule has 0 radical (unpaired) electrons. The predicted octanol–water partition coefficient (Wildman–Crippen LogP) is 0.837. The summed E-state index contributed by atoms with van der Waals surface area (Å²) in [4.78, 5) is 16.3. The minimum atomic E-state index is -0.418. The lowest BCUT2D eigenvalue weighted by Gasteiger charge is -2.18. The van der Waals surface area contributed by atoms with E-state index in [4.69, 9.17) is 10.6 Å². The van der Waals surface area contributed by atoms with E-state index in [-0.39, 0.29) is 6.54 Å². The highest BCUT2D eigenvalue weighted by Crippen LogP contribution is 2.22. The van der Waals surface area contributed by atoms with Gasteiger partial charge in [-0.05, 0) is 12.5 Å². The Bertz CT molecular complexity index is 401. The van der Waals surface area contributed by atoms with Crippen LogP contribution in [0.15, 0.2) is 36.5 Å². The second-order valence-electron chi connectivity index (χ2n) is 3.33. The lowest BCUT2D eigenvalue weighted by molar-refractivity contribution is -0.124. The number of carbonyl (C=O) groups is 1. The third kappa shape index (κ3) is 2.28. The van der Waals surface area contributed by atoms with Gasteiger partial charge in [0.1, 0.15) is 6.54 Å². The van der Waals surface area contributed by atoms with Gasteiger partial charge in [-0.2, -0.15) is 0 Å². The average Bonchev–Trinajstić information content (AvgIpc) is 2.38. The van der Waals surface area contributed by atoms with Crippen molar-refractivity contribution in [1.29, 1.82) is 0 Å². The van der Waals surface area contributed by atoms with Crippen LogP contribution in [0.5, 0.6) is 5.75 Å². The molecular formula is C11H12N2O2. The van der Waals surface area contributed by atoms with Crippen LogP contribution in [0.1, 0.15) is 5.56 Å². The van der Waals surface area contributed by atoms with Crippen molar-refractivity contribution in [2.45, 2.75) is 6.42 Å². The minimum Gasteiger partial charge on any atom is -0.379 e. The maximum atomic E-state index is 10.8. The number of hydrogen-bond acceptors (Lipinski definition) is 3. The van der Waals surface area contributed by atoms with Crippen LogP contribution in [0.25, 0.3) is 0 Å². The average molecular weight is 204 g/mol. The van der Waals surface area contributed by atoms with Crippen molar-refractivity contribution in [2.24, 2.45) is 5.73 Å². The number of para-hydroxylation sites is 1. The summed E-state index contributed by atoms with van der Waals surface area (Å²) < 4.78 is 0. The van der Waals surface area contributed by atoms with E-state index in [1.807, 2.05) is 30.3 Å². The molecule has 1 aromatic carbocycles. The zero-order valence-corrected chi connectivity index (χ0v) is 8.22. The molecule has 1 aliphatic rings. The van der Waals surface area contributed by atoms with E-state index >= 15 is 0 Å². The number of carbonyl (C=O) groups excluding carboxylic acids is 1. The van der Waals surface area contributed by atoms with E-state index < -0.39 is 5.91 Å². The summed E-state index contributed by atoms with van der Waals surface area (Å²) in [6.07, 6.45) is 4.46. The Balaban J connectivity index is 2.19. The highest BCUT2D eigenvalue weighted by molar-refractivity contribution is 5.75. The monoisotopic (exact) mass is 204 g/mol. The number of hydrogen-bond donors (Lipinski definition) is 1. The van der Waals surface area contributed by atoms with Gasteiger partial charge in [-0.15, -0.1) is 0 Å². The first-order valence-corrected chi connectivity index (χ1v) is 4.73. The Kier molecular flexibility index (Phi) is 2.58. The number of benzene rings is 1. The molecule has 15 heavy (non-hydrogen) atoms. The molecule has 0 aromatic heterocycles. The molecule has 4 nitrogen and oxygen atoms in total. The summed E-state index contributed by atoms with van der Waals surface area (Å²) in [6, 6.07) is 7.72. The smallest absolute Gasteiger partial charge is 0.240 e. The molecule has 78 valence electrons. The highest BCUT2D eigenvalue weighted by atomic mass is 16.7. The largest absolute Gasteiger partial charge is 0.379 e. The maximum absolute atomic E-state index is 10.8. The van der Waals surface area contributed by atoms with Crippen LogP contribution in [-0.4, -0.2) is 17.5 Å². The number of nitrogens with zero attached hydrogens (tertiary/aromatic N) is 1. The summed E-state index contributed by atoms with van der Waals surface area (Å²) >= 11 is 0. The number of hydroxylamine groups is 2. The molecule has 0 unspecified atom stereocenters. The van der Waals surface area contributed by atoms with Crippen molar-refractivity contribution in [3.63, 3.8) is 0 Å². The SMILES string of the molecule is NC(=O)CN1C=CCc2ccccc2O1. The van der Waals surface area contributed by atoms with Crippen molar-refractivity contribution in [3.8, 4) is 5.75 Å². The quantitative estimate of drug-likeness (QED) is 0.776. The number of amides is 1. The van der Waals surface area contributed by atoms with E-state index in [0.29, 0.717) is 0 Å². The van der Waals surface area contributed by atoms with Gasteiger partial charge in [0.15, 0.2) is 5.75 Å². The van der Waals surface area contributed by atoms with Crippen molar-refractivity contribution < 1.29 is 9.63 Å². The molecule has 1 amide bonds. The normalized spacial score (nSPS) is 14.0. The maximum Gasteiger partial charge on any atom is 0.240 e. The first-order chi connectivity index (χ1) is 7.25. The summed E-state index contributed by atoms with van der Waals surface area (Å²) in [7, 11) is 0. The van der Waals surface area contributed by atoms with Crippen LogP contribution in [0.2, 0.25) is 0 Å². The molecule has 4 heteroatoms. The molecule has 0 atom stereocenters. The first kappa shape index (κ1) is 9.58. The van der Waals surface area contributed by atoms with Gasteiger partial charge in [-0.1, -0.05) is 24.3 Å². The first-order valence-electron chi connectivity index (χ1n) is 4.73. The molecule has 0 fully saturated rings. The number of rotatable bonds is 2. The van der Waals surface area contributed by atoms with Gasteiger partial charge in [0.05, 0.1) is 0 Å². The third-order valence-electron chi connectivity index (χ3n) is 2.11. The van der Waals surface area contributed by atoms with E-state index in [1.54, 1.807) is 6.20 Å². The fraction of sp³-hybridized carbons (Fsp3) is 0.182. The van der Waals surface area contributed by atoms with E-state index in [0.717, 1.165) is 17.7 Å². The van der Waals surface area contributed by atoms with Gasteiger partial charge in [0, 0.05) is 11.8 Å². The summed E-state index contributed by atoms with van der Waals surface area (Å²) in [6.45, 7) is 0.0604. The van der Waals surface area contributed by atoms with Gasteiger partial charge in [0.2, 0.25) is 5.91 Å². The van der Waals surface area contributed by atoms with Crippen molar-refractivity contribution in [1.82, 2.24) is 5.06 Å². The number of allylic oxidation sites excluding steroid dienone is 1. The van der Waals surface area contributed by atoms with E-state index in [9.17, 15) is 4.79 Å². The van der Waals surface area contributed by atoms with Gasteiger partial charge in [-0.3, -0.25) is 4.79 Å². The minimum absolute atomic E-state index is 0.0604. The molecule has 1 aromatic rings. The van der Waals surface area contributed by atoms with Crippen LogP contribution >= 0.6 is 0 Å². The van der Waals surface area contributed by atoms with Crippen molar-refractivity contribution in [3.05, 3.63) is 42.1 Å². The Morgan fingerprint density at radius 1 is 1.47 bits per heavy atom. The summed E-state index contributed by atoms with van der Waals surface area (Å²) in [5.41, 5.74) is 6.20. The molecular weight excluding hydrogens is 192 g/mol. The summed E-state index contributed by atoms with van der Waals surface area (Å²) in [5, 5.41) is 1.44. The fourth-order valence-electron chi connectivity index (χ4n) is 1.45. The van der Waals surface area contributed by atoms with Crippen LogP contribution < -0.4 is 10.6 Å². The topological polar surface area (TPSA) is 55.6 Å². The molecule has 2 N–H and O–H groups in total. The van der Waals surface area contributed by atoms with Gasteiger partial charge in [0.25, 0.3) is 0 Å². The van der Waals surface area contributed by atoms with Gasteiger partial charge in [-0.25, -0.2) is 5.06 Å². The molecule has 0 bridgehead atoms. The van der Waals surface area contributed by atoms with Crippen LogP contribution in [0.3, 0.4) is 0 Å². The number of nitrogens with two attached hydrogens (primary N) is 1. The van der Waals surface area contributed by atoms with Gasteiger partial charge < -0.3 is 10.6 Å². The molecule has 0 saturated carbocycles. The molecule has 0 spiro atoms. The fourth-order valence-corrected chi connectivity index (χ4v) is 1.45. The Hall–Kier alpha value is -1.97. The zero-order chi connectivity index (χ0) is 10.7. The van der Waals surface area contributed by atoms with E-state index in [1.165, 1.54) is 5.06 Å². The van der Waals surface area contributed by atoms with Crippen LogP contribution in [0.4, 0.5) is 0 Å². The second kappa shape index (κ2) is 4.04. The highest BCUT2D eigenvalue weighted by Gasteiger charge is 2.11. The second-order valence-corrected chi connectivity index (χ2v) is 3.33. The van der Waals surface area contributed by atoms with Crippen molar-refractivity contribution >= 4 is 5.91 Å². The predicted molar refractivity (Wildman–Crippen MR) is 55.8 cm³/mol. The lowest BCUT2D eigenvalue weighted by Crippen LogP contribution is -2.32. The molecule has 1 aliphatic heterocycles. The molecule has 2 rings (SSSR count). The molecule has 0 saturated heterocycles. The zero-order valence-electron chi connectivity index (χ0n) is 8.22. The summed E-state index contributed by atoms with van der Waals surface area (Å²) in [5.74, 6) is 0.350.